The van der Waals surface area contributed by atoms with Gasteiger partial charge in [-0.15, -0.1) is 0 Å². The highest BCUT2D eigenvalue weighted by Gasteiger charge is 2.26. The molecule has 2 rings (SSSR count). The number of benzene rings is 2. The summed E-state index contributed by atoms with van der Waals surface area (Å²) in [5.74, 6) is -3.40. The lowest BCUT2D eigenvalue weighted by atomic mass is 10.2. The Bertz CT molecular complexity index is 711. The van der Waals surface area contributed by atoms with Crippen molar-refractivity contribution < 1.29 is 21.9 Å². The second-order valence-corrected chi connectivity index (χ2v) is 7.52. The maximum Gasteiger partial charge on any atom is 0.341 e. The minimum absolute atomic E-state index is 0.373. The van der Waals surface area contributed by atoms with Crippen molar-refractivity contribution in [3.63, 3.8) is 0 Å². The zero-order valence-corrected chi connectivity index (χ0v) is 13.3. The summed E-state index contributed by atoms with van der Waals surface area (Å²) in [5.41, 5.74) is 1.05. The molecule has 0 aliphatic rings. The Balaban J connectivity index is 2.11. The van der Waals surface area contributed by atoms with Crippen LogP contribution in [0.15, 0.2) is 63.2 Å². The Hall–Kier alpha value is -1.44. The second kappa shape index (κ2) is 7.21. The molecule has 118 valence electrons. The quantitative estimate of drug-likeness (QED) is 0.795. The van der Waals surface area contributed by atoms with Crippen LogP contribution in [0, 0.1) is 0 Å². The predicted octanol–water partition coefficient (Wildman–Crippen LogP) is 3.98. The van der Waals surface area contributed by atoms with Crippen LogP contribution in [0.1, 0.15) is 5.56 Å². The molecule has 0 unspecified atom stereocenters. The van der Waals surface area contributed by atoms with Crippen molar-refractivity contribution in [2.45, 2.75) is 27.1 Å². The maximum atomic E-state index is 12.4. The molecule has 0 radical (unpaired) electrons. The van der Waals surface area contributed by atoms with Gasteiger partial charge in [0.2, 0.25) is 9.84 Å². The fourth-order valence-corrected chi connectivity index (χ4v) is 3.29. The summed E-state index contributed by atoms with van der Waals surface area (Å²) in [6.07, 6.45) is 0. The van der Waals surface area contributed by atoms with E-state index in [1.165, 1.54) is 36.0 Å². The number of methoxy groups -OCH3 is 1. The first-order valence-corrected chi connectivity index (χ1v) is 8.67. The number of hydrogen-bond acceptors (Lipinski definition) is 4. The number of rotatable bonds is 6. The van der Waals surface area contributed by atoms with Gasteiger partial charge in [0.1, 0.15) is 0 Å². The van der Waals surface area contributed by atoms with E-state index in [2.05, 4.69) is 0 Å². The van der Waals surface area contributed by atoms with Crippen LogP contribution in [0.3, 0.4) is 0 Å². The summed E-state index contributed by atoms with van der Waals surface area (Å²) in [7, 11) is -2.91. The van der Waals surface area contributed by atoms with E-state index >= 15 is 0 Å². The van der Waals surface area contributed by atoms with Crippen LogP contribution in [-0.4, -0.2) is 21.3 Å². The van der Waals surface area contributed by atoms with Crippen LogP contribution in [0.25, 0.3) is 0 Å². The van der Waals surface area contributed by atoms with Crippen LogP contribution >= 0.6 is 11.8 Å². The smallest absolute Gasteiger partial charge is 0.341 e. The summed E-state index contributed by atoms with van der Waals surface area (Å²) in [5, 5.41) is 0. The first kappa shape index (κ1) is 16.9. The van der Waals surface area contributed by atoms with E-state index in [0.717, 1.165) is 15.4 Å². The standard InChI is InChI=1S/C15H14F2O3S2/c1-20-10-11-2-4-12(5-3-11)21-13-6-8-14(9-7-13)22(18,19)15(16)17/h2-9,15H,10H2,1H3. The minimum atomic E-state index is -4.53. The molecule has 2 aromatic rings. The molecule has 0 atom stereocenters. The summed E-state index contributed by atoms with van der Waals surface area (Å²) in [6.45, 7) is 0.533. The topological polar surface area (TPSA) is 43.4 Å². The lowest BCUT2D eigenvalue weighted by molar-refractivity contribution is 0.185. The Labute approximate surface area is 132 Å². The minimum Gasteiger partial charge on any atom is -0.380 e. The highest BCUT2D eigenvalue weighted by molar-refractivity contribution is 7.99. The molecule has 0 bridgehead atoms. The molecule has 22 heavy (non-hydrogen) atoms. The Morgan fingerprint density at radius 2 is 1.50 bits per heavy atom. The van der Waals surface area contributed by atoms with Crippen LogP contribution in [0.2, 0.25) is 0 Å². The van der Waals surface area contributed by atoms with Crippen molar-refractivity contribution >= 4 is 21.6 Å². The highest BCUT2D eigenvalue weighted by atomic mass is 32.2. The molecule has 2 aromatic carbocycles. The zero-order valence-electron chi connectivity index (χ0n) is 11.7. The van der Waals surface area contributed by atoms with E-state index in [0.29, 0.717) is 6.61 Å². The second-order valence-electron chi connectivity index (χ2n) is 4.46. The third kappa shape index (κ3) is 4.06. The number of hydrogen-bond donors (Lipinski definition) is 0. The molecule has 7 heteroatoms. The van der Waals surface area contributed by atoms with Crippen molar-refractivity contribution in [3.05, 3.63) is 54.1 Å². The summed E-state index contributed by atoms with van der Waals surface area (Å²) < 4.78 is 52.6. The number of ether oxygens (including phenoxy) is 1. The molecule has 0 amide bonds. The van der Waals surface area contributed by atoms with E-state index in [1.54, 1.807) is 7.11 Å². The van der Waals surface area contributed by atoms with Gasteiger partial charge in [-0.2, -0.15) is 8.78 Å². The van der Waals surface area contributed by atoms with Gasteiger partial charge in [0.15, 0.2) is 0 Å². The van der Waals surface area contributed by atoms with Crippen LogP contribution in [-0.2, 0) is 21.2 Å². The van der Waals surface area contributed by atoms with E-state index in [1.807, 2.05) is 24.3 Å². The molecule has 0 saturated heterocycles. The van der Waals surface area contributed by atoms with Crippen molar-refractivity contribution in [3.8, 4) is 0 Å². The van der Waals surface area contributed by atoms with Gasteiger partial charge in [0.05, 0.1) is 11.5 Å². The Kier molecular flexibility index (Phi) is 5.55. The van der Waals surface area contributed by atoms with Gasteiger partial charge in [0.25, 0.3) is 0 Å². The summed E-state index contributed by atoms with van der Waals surface area (Å²) in [4.78, 5) is 1.36. The third-order valence-electron chi connectivity index (χ3n) is 2.86. The van der Waals surface area contributed by atoms with E-state index in [4.69, 9.17) is 4.74 Å². The van der Waals surface area contributed by atoms with Crippen molar-refractivity contribution in [2.24, 2.45) is 0 Å². The molecule has 0 aliphatic heterocycles. The molecular weight excluding hydrogens is 330 g/mol. The fraction of sp³-hybridized carbons (Fsp3) is 0.200. The van der Waals surface area contributed by atoms with Gasteiger partial charge in [-0.05, 0) is 42.0 Å². The third-order valence-corrected chi connectivity index (χ3v) is 5.27. The van der Waals surface area contributed by atoms with E-state index < -0.39 is 15.6 Å². The van der Waals surface area contributed by atoms with E-state index in [9.17, 15) is 17.2 Å². The zero-order chi connectivity index (χ0) is 16.2. The monoisotopic (exact) mass is 344 g/mol. The average Bonchev–Trinajstić information content (AvgIpc) is 2.50. The molecule has 0 aliphatic carbocycles. The lowest BCUT2D eigenvalue weighted by Crippen LogP contribution is -2.10. The Morgan fingerprint density at radius 3 is 1.95 bits per heavy atom. The molecule has 0 fully saturated rings. The van der Waals surface area contributed by atoms with Crippen molar-refractivity contribution in [1.29, 1.82) is 0 Å². The normalized spacial score (nSPS) is 11.8. The number of halogens is 2. The van der Waals surface area contributed by atoms with Crippen LogP contribution in [0.4, 0.5) is 8.78 Å². The SMILES string of the molecule is COCc1ccc(Sc2ccc(S(=O)(=O)C(F)F)cc2)cc1. The first-order chi connectivity index (χ1) is 10.4. The van der Waals surface area contributed by atoms with Gasteiger partial charge in [0, 0.05) is 16.9 Å². The Morgan fingerprint density at radius 1 is 1.00 bits per heavy atom. The number of alkyl halides is 2. The lowest BCUT2D eigenvalue weighted by Gasteiger charge is -2.06. The largest absolute Gasteiger partial charge is 0.380 e. The van der Waals surface area contributed by atoms with Gasteiger partial charge in [-0.3, -0.25) is 0 Å². The highest BCUT2D eigenvalue weighted by Crippen LogP contribution is 2.29. The van der Waals surface area contributed by atoms with Crippen LogP contribution < -0.4 is 0 Å². The van der Waals surface area contributed by atoms with Crippen LogP contribution in [0.5, 0.6) is 0 Å². The van der Waals surface area contributed by atoms with Gasteiger partial charge < -0.3 is 4.74 Å². The average molecular weight is 344 g/mol. The molecule has 0 saturated carbocycles. The fourth-order valence-electron chi connectivity index (χ4n) is 1.76. The van der Waals surface area contributed by atoms with Crippen molar-refractivity contribution in [1.82, 2.24) is 0 Å². The molecule has 0 aromatic heterocycles. The maximum absolute atomic E-state index is 12.4. The molecule has 0 spiro atoms. The molecule has 0 heterocycles. The van der Waals surface area contributed by atoms with Gasteiger partial charge in [-0.25, -0.2) is 8.42 Å². The molecule has 0 N–H and O–H groups in total. The van der Waals surface area contributed by atoms with Crippen molar-refractivity contribution in [2.75, 3.05) is 7.11 Å². The molecular formula is C15H14F2O3S2. The van der Waals surface area contributed by atoms with Gasteiger partial charge in [-0.1, -0.05) is 23.9 Å². The van der Waals surface area contributed by atoms with Gasteiger partial charge >= 0.3 is 5.76 Å². The molecule has 3 nitrogen and oxygen atoms in total. The first-order valence-electron chi connectivity index (χ1n) is 6.31. The summed E-state index contributed by atoms with van der Waals surface area (Å²) >= 11 is 1.42. The predicted molar refractivity (Wildman–Crippen MR) is 80.9 cm³/mol. The summed E-state index contributed by atoms with van der Waals surface area (Å²) in [6, 6.07) is 13.1. The number of sulfone groups is 1. The van der Waals surface area contributed by atoms with E-state index in [-0.39, 0.29) is 4.90 Å².